The van der Waals surface area contributed by atoms with Crippen molar-refractivity contribution in [3.8, 4) is 0 Å². The molecule has 1 unspecified atom stereocenters. The van der Waals surface area contributed by atoms with E-state index in [1.54, 1.807) is 18.7 Å². The molecule has 3 atom stereocenters. The highest BCUT2D eigenvalue weighted by molar-refractivity contribution is 5.23. The van der Waals surface area contributed by atoms with Crippen molar-refractivity contribution in [1.82, 2.24) is 4.90 Å². The van der Waals surface area contributed by atoms with Crippen LogP contribution in [0.3, 0.4) is 0 Å². The fraction of sp³-hybridized carbons (Fsp3) is 0.625. The van der Waals surface area contributed by atoms with Crippen LogP contribution in [0.15, 0.2) is 18.2 Å². The SMILES string of the molecule is CC1(C)OC[C@@H](C([O])N2CCC[C@@H]2c2cc(F)ccc2F)O1. The Balaban J connectivity index is 1.80. The predicted molar refractivity (Wildman–Crippen MR) is 74.4 cm³/mol. The molecule has 0 aromatic heterocycles. The van der Waals surface area contributed by atoms with Crippen LogP contribution in [0.5, 0.6) is 0 Å². The molecule has 1 aromatic carbocycles. The van der Waals surface area contributed by atoms with Gasteiger partial charge in [-0.15, -0.1) is 0 Å². The van der Waals surface area contributed by atoms with Crippen LogP contribution in [0.1, 0.15) is 38.3 Å². The van der Waals surface area contributed by atoms with Gasteiger partial charge in [-0.2, -0.15) is 0 Å². The van der Waals surface area contributed by atoms with Gasteiger partial charge in [-0.25, -0.2) is 13.9 Å². The van der Waals surface area contributed by atoms with E-state index in [-0.39, 0.29) is 12.2 Å². The molecular formula is C16H20F2NO3. The van der Waals surface area contributed by atoms with E-state index in [2.05, 4.69) is 0 Å². The van der Waals surface area contributed by atoms with E-state index in [1.165, 1.54) is 6.07 Å². The Morgan fingerprint density at radius 3 is 2.82 bits per heavy atom. The summed E-state index contributed by atoms with van der Waals surface area (Å²) in [6, 6.07) is 2.97. The highest BCUT2D eigenvalue weighted by Crippen LogP contribution is 2.37. The molecule has 0 bridgehead atoms. The van der Waals surface area contributed by atoms with Crippen molar-refractivity contribution in [3.05, 3.63) is 35.4 Å². The Hall–Kier alpha value is -1.08. The van der Waals surface area contributed by atoms with Crippen LogP contribution < -0.4 is 0 Å². The molecule has 2 saturated heterocycles. The standard InChI is InChI=1S/C16H20F2NO3/c1-16(2)21-9-14(22-16)15(20)19-7-3-4-13(19)11-8-10(17)5-6-12(11)18/h5-6,8,13-15H,3-4,7,9H2,1-2H3/t13-,14+,15?/m1/s1. The van der Waals surface area contributed by atoms with Crippen molar-refractivity contribution in [3.63, 3.8) is 0 Å². The first-order valence-electron chi connectivity index (χ1n) is 7.56. The van der Waals surface area contributed by atoms with Gasteiger partial charge in [0, 0.05) is 18.2 Å². The highest BCUT2D eigenvalue weighted by Gasteiger charge is 2.43. The van der Waals surface area contributed by atoms with Gasteiger partial charge in [0.1, 0.15) is 17.7 Å². The molecule has 6 heteroatoms. The summed E-state index contributed by atoms with van der Waals surface area (Å²) in [4.78, 5) is 1.66. The summed E-state index contributed by atoms with van der Waals surface area (Å²) in [5.74, 6) is -1.74. The van der Waals surface area contributed by atoms with Crippen LogP contribution in [0.4, 0.5) is 8.78 Å². The molecular weight excluding hydrogens is 292 g/mol. The Kier molecular flexibility index (Phi) is 4.20. The molecule has 1 aromatic rings. The second kappa shape index (κ2) is 5.85. The molecule has 1 radical (unpaired) electrons. The molecule has 2 aliphatic rings. The first-order valence-corrected chi connectivity index (χ1v) is 7.56. The molecule has 0 saturated carbocycles. The summed E-state index contributed by atoms with van der Waals surface area (Å²) in [5, 5.41) is 12.7. The minimum atomic E-state index is -1.16. The number of halogens is 2. The number of likely N-dealkylation sites (tertiary alicyclic amines) is 1. The van der Waals surface area contributed by atoms with Crippen molar-refractivity contribution in [2.75, 3.05) is 13.2 Å². The summed E-state index contributed by atoms with van der Waals surface area (Å²) < 4.78 is 38.5. The summed E-state index contributed by atoms with van der Waals surface area (Å²) in [6.45, 7) is 4.28. The van der Waals surface area contributed by atoms with Crippen LogP contribution in [0.2, 0.25) is 0 Å². The van der Waals surface area contributed by atoms with Gasteiger partial charge >= 0.3 is 0 Å². The number of hydrogen-bond donors (Lipinski definition) is 0. The average molecular weight is 312 g/mol. The third-order valence-electron chi connectivity index (χ3n) is 4.29. The zero-order valence-electron chi connectivity index (χ0n) is 12.7. The molecule has 2 fully saturated rings. The largest absolute Gasteiger partial charge is 0.348 e. The summed E-state index contributed by atoms with van der Waals surface area (Å²) in [6.07, 6.45) is -0.351. The third kappa shape index (κ3) is 3.01. The van der Waals surface area contributed by atoms with Crippen LogP contribution in [-0.4, -0.2) is 36.2 Å². The summed E-state index contributed by atoms with van der Waals surface area (Å²) in [5.41, 5.74) is 0.247. The number of benzene rings is 1. The zero-order chi connectivity index (χ0) is 15.9. The lowest BCUT2D eigenvalue weighted by Gasteiger charge is -2.31. The topological polar surface area (TPSA) is 41.6 Å². The maximum atomic E-state index is 14.0. The molecule has 22 heavy (non-hydrogen) atoms. The lowest BCUT2D eigenvalue weighted by atomic mass is 10.0. The highest BCUT2D eigenvalue weighted by atomic mass is 19.1. The van der Waals surface area contributed by atoms with Crippen LogP contribution in [0.25, 0.3) is 0 Å². The van der Waals surface area contributed by atoms with Gasteiger partial charge < -0.3 is 9.47 Å². The molecule has 0 amide bonds. The van der Waals surface area contributed by atoms with E-state index >= 15 is 0 Å². The molecule has 121 valence electrons. The van der Waals surface area contributed by atoms with E-state index < -0.39 is 35.8 Å². The van der Waals surface area contributed by atoms with E-state index in [0.717, 1.165) is 18.6 Å². The molecule has 0 N–H and O–H groups in total. The van der Waals surface area contributed by atoms with Crippen LogP contribution in [-0.2, 0) is 14.6 Å². The quantitative estimate of drug-likeness (QED) is 0.861. The van der Waals surface area contributed by atoms with E-state index in [0.29, 0.717) is 13.0 Å². The monoisotopic (exact) mass is 312 g/mol. The van der Waals surface area contributed by atoms with Gasteiger partial charge in [0.15, 0.2) is 12.0 Å². The smallest absolute Gasteiger partial charge is 0.175 e. The Morgan fingerprint density at radius 2 is 2.14 bits per heavy atom. The van der Waals surface area contributed by atoms with Gasteiger partial charge in [0.05, 0.1) is 6.61 Å². The van der Waals surface area contributed by atoms with Crippen LogP contribution in [0, 0.1) is 11.6 Å². The lowest BCUT2D eigenvalue weighted by Crippen LogP contribution is -2.44. The predicted octanol–water partition coefficient (Wildman–Crippen LogP) is 3.01. The van der Waals surface area contributed by atoms with Crippen molar-refractivity contribution in [2.24, 2.45) is 0 Å². The Labute approximate surface area is 128 Å². The van der Waals surface area contributed by atoms with Crippen molar-refractivity contribution < 1.29 is 23.4 Å². The fourth-order valence-corrected chi connectivity index (χ4v) is 3.27. The maximum absolute atomic E-state index is 14.0. The molecule has 2 heterocycles. The van der Waals surface area contributed by atoms with Gasteiger partial charge in [-0.3, -0.25) is 4.90 Å². The molecule has 0 aliphatic carbocycles. The molecule has 3 rings (SSSR count). The Morgan fingerprint density at radius 1 is 1.36 bits per heavy atom. The van der Waals surface area contributed by atoms with Crippen molar-refractivity contribution in [1.29, 1.82) is 0 Å². The first-order chi connectivity index (χ1) is 10.4. The normalized spacial score (nSPS) is 29.9. The van der Waals surface area contributed by atoms with Crippen molar-refractivity contribution in [2.45, 2.75) is 50.8 Å². The van der Waals surface area contributed by atoms with Gasteiger partial charge in [0.25, 0.3) is 0 Å². The van der Waals surface area contributed by atoms with E-state index in [4.69, 9.17) is 9.47 Å². The lowest BCUT2D eigenvalue weighted by molar-refractivity contribution is -0.183. The zero-order valence-corrected chi connectivity index (χ0v) is 12.7. The van der Waals surface area contributed by atoms with Crippen LogP contribution >= 0.6 is 0 Å². The number of rotatable bonds is 3. The summed E-state index contributed by atoms with van der Waals surface area (Å²) >= 11 is 0. The minimum absolute atomic E-state index is 0.218. The third-order valence-corrected chi connectivity index (χ3v) is 4.29. The van der Waals surface area contributed by atoms with E-state index in [9.17, 15) is 13.9 Å². The van der Waals surface area contributed by atoms with Gasteiger partial charge in [0.2, 0.25) is 0 Å². The average Bonchev–Trinajstić information content (AvgIpc) is 3.07. The fourth-order valence-electron chi connectivity index (χ4n) is 3.27. The minimum Gasteiger partial charge on any atom is -0.348 e. The number of ether oxygens (including phenoxy) is 2. The number of nitrogens with zero attached hydrogens (tertiary/aromatic N) is 1. The second-order valence-electron chi connectivity index (χ2n) is 6.32. The second-order valence-corrected chi connectivity index (χ2v) is 6.32. The van der Waals surface area contributed by atoms with E-state index in [1.807, 2.05) is 0 Å². The summed E-state index contributed by atoms with van der Waals surface area (Å²) in [7, 11) is 0. The van der Waals surface area contributed by atoms with Crippen molar-refractivity contribution >= 4 is 0 Å². The maximum Gasteiger partial charge on any atom is 0.175 e. The molecule has 4 nitrogen and oxygen atoms in total. The van der Waals surface area contributed by atoms with Gasteiger partial charge in [-0.05, 0) is 44.9 Å². The first kappa shape index (κ1) is 15.8. The van der Waals surface area contributed by atoms with Gasteiger partial charge in [-0.1, -0.05) is 0 Å². The molecule has 0 spiro atoms. The number of hydrogen-bond acceptors (Lipinski definition) is 3. The molecule has 2 aliphatic heterocycles. The Bertz CT molecular complexity index is 552.